The average molecular weight is 271 g/mol. The van der Waals surface area contributed by atoms with Crippen LogP contribution in [0.25, 0.3) is 0 Å². The van der Waals surface area contributed by atoms with Crippen LogP contribution in [0.3, 0.4) is 0 Å². The zero-order valence-electron chi connectivity index (χ0n) is 12.5. The summed E-state index contributed by atoms with van der Waals surface area (Å²) in [7, 11) is 5.65. The smallest absolute Gasteiger partial charge is 0.169 e. The zero-order valence-corrected chi connectivity index (χ0v) is 12.5. The van der Waals surface area contributed by atoms with E-state index in [2.05, 4.69) is 6.08 Å². The minimum Gasteiger partial charge on any atom is -0.378 e. The highest BCUT2D eigenvalue weighted by Gasteiger charge is 2.28. The molecule has 1 aromatic carbocycles. The van der Waals surface area contributed by atoms with E-state index in [1.54, 1.807) is 7.11 Å². The predicted molar refractivity (Wildman–Crippen MR) is 80.6 cm³/mol. The van der Waals surface area contributed by atoms with Gasteiger partial charge >= 0.3 is 0 Å². The fourth-order valence-electron chi connectivity index (χ4n) is 2.41. The third-order valence-corrected chi connectivity index (χ3v) is 3.69. The van der Waals surface area contributed by atoms with Crippen LogP contribution in [0, 0.1) is 5.92 Å². The Balaban J connectivity index is 2.23. The first kappa shape index (κ1) is 14.5. The van der Waals surface area contributed by atoms with Gasteiger partial charge in [-0.3, -0.25) is 4.79 Å². The van der Waals surface area contributed by atoms with Crippen LogP contribution in [-0.4, -0.2) is 38.0 Å². The Hall–Kier alpha value is -1.87. The van der Waals surface area contributed by atoms with Gasteiger partial charge in [-0.2, -0.15) is 0 Å². The van der Waals surface area contributed by atoms with Gasteiger partial charge in [0.25, 0.3) is 0 Å². The summed E-state index contributed by atoms with van der Waals surface area (Å²) in [6, 6.07) is 9.41. The van der Waals surface area contributed by atoms with Gasteiger partial charge in [0.15, 0.2) is 5.78 Å². The second-order valence-electron chi connectivity index (χ2n) is 5.24. The van der Waals surface area contributed by atoms with Crippen LogP contribution in [-0.2, 0) is 4.74 Å². The molecule has 0 saturated heterocycles. The molecule has 0 heterocycles. The first-order valence-corrected chi connectivity index (χ1v) is 6.77. The van der Waals surface area contributed by atoms with E-state index < -0.39 is 0 Å². The third-order valence-electron chi connectivity index (χ3n) is 3.69. The lowest BCUT2D eigenvalue weighted by Crippen LogP contribution is -2.21. The number of nitrogens with zero attached hydrogens (tertiary/aromatic N) is 1. The average Bonchev–Trinajstić information content (AvgIpc) is 2.91. The van der Waals surface area contributed by atoms with Gasteiger partial charge in [-0.15, -0.1) is 0 Å². The van der Waals surface area contributed by atoms with Crippen molar-refractivity contribution in [1.29, 1.82) is 0 Å². The molecule has 20 heavy (non-hydrogen) atoms. The van der Waals surface area contributed by atoms with Crippen LogP contribution in [0.5, 0.6) is 0 Å². The van der Waals surface area contributed by atoms with Crippen molar-refractivity contribution in [2.24, 2.45) is 5.92 Å². The fraction of sp³-hybridized carbons (Fsp3) is 0.353. The van der Waals surface area contributed by atoms with E-state index in [0.717, 1.165) is 16.8 Å². The zero-order chi connectivity index (χ0) is 14.7. The lowest BCUT2D eigenvalue weighted by Gasteiger charge is -2.18. The molecule has 1 aliphatic rings. The largest absolute Gasteiger partial charge is 0.378 e. The summed E-state index contributed by atoms with van der Waals surface area (Å²) in [6.07, 6.45) is 3.99. The lowest BCUT2D eigenvalue weighted by atomic mass is 9.90. The van der Waals surface area contributed by atoms with Crippen LogP contribution in [0.1, 0.15) is 17.3 Å². The van der Waals surface area contributed by atoms with Gasteiger partial charge in [0, 0.05) is 38.4 Å². The second-order valence-corrected chi connectivity index (χ2v) is 5.24. The number of ketones is 1. The molecule has 1 aliphatic carbocycles. The van der Waals surface area contributed by atoms with Crippen LogP contribution in [0.2, 0.25) is 0 Å². The summed E-state index contributed by atoms with van der Waals surface area (Å²) < 4.78 is 5.49. The number of rotatable bonds is 5. The number of hydrogen-bond donors (Lipinski definition) is 0. The van der Waals surface area contributed by atoms with E-state index in [1.807, 2.05) is 62.3 Å². The van der Waals surface area contributed by atoms with Crippen molar-refractivity contribution in [3.63, 3.8) is 0 Å². The summed E-state index contributed by atoms with van der Waals surface area (Å²) in [6.45, 7) is 1.94. The number of methoxy groups -OCH3 is 1. The molecule has 3 nitrogen and oxygen atoms in total. The molecule has 0 radical (unpaired) electrons. The monoisotopic (exact) mass is 271 g/mol. The van der Waals surface area contributed by atoms with Crippen molar-refractivity contribution >= 4 is 5.78 Å². The number of likely N-dealkylation sites (N-methyl/N-ethyl adjacent to an activating group) is 1. The summed E-state index contributed by atoms with van der Waals surface area (Å²) >= 11 is 0. The molecular weight excluding hydrogens is 250 g/mol. The van der Waals surface area contributed by atoms with E-state index in [4.69, 9.17) is 4.74 Å². The second kappa shape index (κ2) is 6.06. The Bertz CT molecular complexity index is 543. The molecule has 0 bridgehead atoms. The van der Waals surface area contributed by atoms with Gasteiger partial charge in [-0.05, 0) is 17.7 Å². The van der Waals surface area contributed by atoms with E-state index in [1.165, 1.54) is 0 Å². The summed E-state index contributed by atoms with van der Waals surface area (Å²) in [5.41, 5.74) is 2.85. The molecule has 3 heteroatoms. The summed E-state index contributed by atoms with van der Waals surface area (Å²) in [5.74, 6) is -0.0524. The van der Waals surface area contributed by atoms with E-state index in [-0.39, 0.29) is 17.8 Å². The number of carbonyl (C=O) groups excluding carboxylic acids is 1. The maximum absolute atomic E-state index is 12.5. The Morgan fingerprint density at radius 2 is 1.90 bits per heavy atom. The van der Waals surface area contributed by atoms with Gasteiger partial charge in [-0.1, -0.05) is 37.3 Å². The minimum atomic E-state index is -0.184. The Kier molecular flexibility index (Phi) is 4.40. The lowest BCUT2D eigenvalue weighted by molar-refractivity contribution is 0.0922. The summed E-state index contributed by atoms with van der Waals surface area (Å²) in [4.78, 5) is 14.6. The molecule has 0 N–H and O–H groups in total. The highest BCUT2D eigenvalue weighted by Crippen LogP contribution is 2.29. The predicted octanol–water partition coefficient (Wildman–Crippen LogP) is 2.91. The normalized spacial score (nSPS) is 19.3. The van der Waals surface area contributed by atoms with Gasteiger partial charge in [-0.25, -0.2) is 0 Å². The molecule has 0 aliphatic heterocycles. The SMILES string of the molecule is COC1C=C(N(C)C)C=C1C(C)C(=O)c1ccccc1. The third kappa shape index (κ3) is 2.83. The van der Waals surface area contributed by atoms with Gasteiger partial charge in [0.2, 0.25) is 0 Å². The van der Waals surface area contributed by atoms with Gasteiger partial charge in [0.05, 0.1) is 6.10 Å². The van der Waals surface area contributed by atoms with Gasteiger partial charge in [0.1, 0.15) is 0 Å². The fourth-order valence-corrected chi connectivity index (χ4v) is 2.41. The van der Waals surface area contributed by atoms with Crippen LogP contribution in [0.15, 0.2) is 53.8 Å². The summed E-state index contributed by atoms with van der Waals surface area (Å²) in [5, 5.41) is 0. The van der Waals surface area contributed by atoms with E-state index in [0.29, 0.717) is 0 Å². The Morgan fingerprint density at radius 3 is 2.45 bits per heavy atom. The Morgan fingerprint density at radius 1 is 1.25 bits per heavy atom. The van der Waals surface area contributed by atoms with Crippen molar-refractivity contribution in [3.05, 3.63) is 59.3 Å². The first-order valence-electron chi connectivity index (χ1n) is 6.77. The minimum absolute atomic E-state index is 0.116. The quantitative estimate of drug-likeness (QED) is 0.771. The first-order chi connectivity index (χ1) is 9.54. The van der Waals surface area contributed by atoms with Crippen molar-refractivity contribution < 1.29 is 9.53 Å². The molecular formula is C17H21NO2. The molecule has 2 unspecified atom stereocenters. The molecule has 1 aromatic rings. The molecule has 2 atom stereocenters. The van der Waals surface area contributed by atoms with Crippen LogP contribution >= 0.6 is 0 Å². The number of allylic oxidation sites excluding steroid dienone is 1. The van der Waals surface area contributed by atoms with Gasteiger partial charge < -0.3 is 9.64 Å². The molecule has 0 spiro atoms. The number of Topliss-reactive ketones (excluding diaryl/α,β-unsaturated/α-hetero) is 1. The van der Waals surface area contributed by atoms with E-state index in [9.17, 15) is 4.79 Å². The molecule has 0 fully saturated rings. The molecule has 0 aromatic heterocycles. The maximum atomic E-state index is 12.5. The number of ether oxygens (including phenoxy) is 1. The van der Waals surface area contributed by atoms with Crippen molar-refractivity contribution in [2.75, 3.05) is 21.2 Å². The van der Waals surface area contributed by atoms with Crippen LogP contribution < -0.4 is 0 Å². The van der Waals surface area contributed by atoms with Crippen molar-refractivity contribution in [2.45, 2.75) is 13.0 Å². The number of benzene rings is 1. The molecule has 0 amide bonds. The highest BCUT2D eigenvalue weighted by atomic mass is 16.5. The van der Waals surface area contributed by atoms with E-state index >= 15 is 0 Å². The molecule has 106 valence electrons. The standard InChI is InChI=1S/C17H21NO2/c1-12(17(19)13-8-6-5-7-9-13)15-10-14(18(2)3)11-16(15)20-4/h5-12,16H,1-4H3. The number of carbonyl (C=O) groups is 1. The molecule has 0 saturated carbocycles. The Labute approximate surface area is 120 Å². The van der Waals surface area contributed by atoms with Crippen molar-refractivity contribution in [1.82, 2.24) is 4.90 Å². The highest BCUT2D eigenvalue weighted by molar-refractivity contribution is 5.99. The maximum Gasteiger partial charge on any atom is 0.169 e. The van der Waals surface area contributed by atoms with Crippen molar-refractivity contribution in [3.8, 4) is 0 Å². The topological polar surface area (TPSA) is 29.5 Å². The van der Waals surface area contributed by atoms with Crippen LogP contribution in [0.4, 0.5) is 0 Å². The number of hydrogen-bond acceptors (Lipinski definition) is 3. The molecule has 2 rings (SSSR count).